The number of benzene rings is 1. The van der Waals surface area contributed by atoms with E-state index in [-0.39, 0.29) is 10.6 Å². The lowest BCUT2D eigenvalue weighted by atomic mass is 10.1. The van der Waals surface area contributed by atoms with Crippen molar-refractivity contribution in [1.82, 2.24) is 9.78 Å². The van der Waals surface area contributed by atoms with E-state index in [1.165, 1.54) is 6.07 Å². The third-order valence-electron chi connectivity index (χ3n) is 2.82. The Kier molecular flexibility index (Phi) is 3.27. The molecule has 0 saturated carbocycles. The molecule has 0 fully saturated rings. The molecule has 0 aliphatic carbocycles. The topological polar surface area (TPSA) is 73.0 Å². The molecule has 6 heteroatoms. The summed E-state index contributed by atoms with van der Waals surface area (Å²) in [5, 5.41) is 18.0. The molecule has 2 rings (SSSR count). The lowest BCUT2D eigenvalue weighted by Crippen LogP contribution is -2.07. The van der Waals surface area contributed by atoms with Gasteiger partial charge in [-0.2, -0.15) is 5.10 Å². The molecule has 6 nitrogen and oxygen atoms in total. The van der Waals surface area contributed by atoms with Gasteiger partial charge in [-0.15, -0.1) is 0 Å². The first kappa shape index (κ1) is 12.1. The van der Waals surface area contributed by atoms with Crippen LogP contribution in [0.15, 0.2) is 30.5 Å². The second-order valence-corrected chi connectivity index (χ2v) is 3.95. The Morgan fingerprint density at radius 1 is 1.44 bits per heavy atom. The lowest BCUT2D eigenvalue weighted by molar-refractivity contribution is -0.384. The van der Waals surface area contributed by atoms with Crippen molar-refractivity contribution in [2.45, 2.75) is 13.5 Å². The second kappa shape index (κ2) is 4.87. The summed E-state index contributed by atoms with van der Waals surface area (Å²) in [5.74, 6) is 0. The average Bonchev–Trinajstić information content (AvgIpc) is 2.74. The molecule has 94 valence electrons. The summed E-state index contributed by atoms with van der Waals surface area (Å²) in [4.78, 5) is 10.6. The van der Waals surface area contributed by atoms with Gasteiger partial charge in [0.05, 0.1) is 11.5 Å². The number of nitrogens with one attached hydrogen (secondary N) is 1. The minimum Gasteiger partial charge on any atom is -0.382 e. The van der Waals surface area contributed by atoms with Crippen LogP contribution in [0.4, 0.5) is 11.4 Å². The van der Waals surface area contributed by atoms with Gasteiger partial charge in [0.15, 0.2) is 0 Å². The van der Waals surface area contributed by atoms with Crippen LogP contribution in [0.5, 0.6) is 0 Å². The van der Waals surface area contributed by atoms with Gasteiger partial charge in [0.2, 0.25) is 0 Å². The van der Waals surface area contributed by atoms with Gasteiger partial charge in [-0.25, -0.2) is 0 Å². The van der Waals surface area contributed by atoms with E-state index in [0.29, 0.717) is 12.2 Å². The van der Waals surface area contributed by atoms with Crippen molar-refractivity contribution in [3.8, 4) is 0 Å². The Bertz CT molecular complexity index is 577. The van der Waals surface area contributed by atoms with Crippen LogP contribution in [0.1, 0.15) is 11.3 Å². The molecule has 0 atom stereocenters. The molecule has 2 aromatic rings. The first-order chi connectivity index (χ1) is 8.63. The van der Waals surface area contributed by atoms with Crippen LogP contribution >= 0.6 is 0 Å². The van der Waals surface area contributed by atoms with Crippen LogP contribution in [0, 0.1) is 17.0 Å². The Morgan fingerprint density at radius 3 is 2.78 bits per heavy atom. The van der Waals surface area contributed by atoms with Gasteiger partial charge < -0.3 is 5.32 Å². The zero-order valence-electron chi connectivity index (χ0n) is 10.3. The number of rotatable bonds is 4. The number of para-hydroxylation sites is 1. The molecule has 0 spiro atoms. The number of aryl methyl sites for hydroxylation is 1. The van der Waals surface area contributed by atoms with E-state index in [1.54, 1.807) is 24.0 Å². The van der Waals surface area contributed by atoms with Crippen molar-refractivity contribution < 1.29 is 4.92 Å². The summed E-state index contributed by atoms with van der Waals surface area (Å²) in [6, 6.07) is 6.94. The maximum Gasteiger partial charge on any atom is 0.292 e. The Hall–Kier alpha value is -2.37. The number of hydrogen-bond acceptors (Lipinski definition) is 4. The van der Waals surface area contributed by atoms with Crippen LogP contribution in [-0.2, 0) is 6.54 Å². The molecule has 0 saturated heterocycles. The third-order valence-corrected chi connectivity index (χ3v) is 2.82. The number of nitro groups is 1. The van der Waals surface area contributed by atoms with Crippen molar-refractivity contribution in [2.24, 2.45) is 0 Å². The number of anilines is 1. The molecule has 1 aromatic heterocycles. The minimum absolute atomic E-state index is 0.0832. The molecule has 0 radical (unpaired) electrons. The van der Waals surface area contributed by atoms with Crippen LogP contribution in [0.3, 0.4) is 0 Å². The smallest absolute Gasteiger partial charge is 0.292 e. The van der Waals surface area contributed by atoms with E-state index in [2.05, 4.69) is 10.4 Å². The van der Waals surface area contributed by atoms with E-state index >= 15 is 0 Å². The van der Waals surface area contributed by atoms with Gasteiger partial charge in [0.25, 0.3) is 5.69 Å². The van der Waals surface area contributed by atoms with Crippen molar-refractivity contribution in [3.05, 3.63) is 51.8 Å². The quantitative estimate of drug-likeness (QED) is 0.663. The fraction of sp³-hybridized carbons (Fsp3) is 0.250. The molecule has 0 aliphatic rings. The molecule has 0 aliphatic heterocycles. The van der Waals surface area contributed by atoms with E-state index < -0.39 is 0 Å². The van der Waals surface area contributed by atoms with Crippen molar-refractivity contribution in [3.63, 3.8) is 0 Å². The molecular formula is C12H14N4O2. The zero-order chi connectivity index (χ0) is 13.1. The standard InChI is InChI=1S/C12H14N4O2/c1-9-6-7-14-15(9)8-10-4-3-5-11(16(17)18)12(10)13-2/h3-7,13H,8H2,1-2H3. The highest BCUT2D eigenvalue weighted by atomic mass is 16.6. The highest BCUT2D eigenvalue weighted by Gasteiger charge is 2.16. The molecule has 1 N–H and O–H groups in total. The molecule has 1 heterocycles. The monoisotopic (exact) mass is 246 g/mol. The molecule has 1 aromatic carbocycles. The van der Waals surface area contributed by atoms with Crippen LogP contribution in [0.25, 0.3) is 0 Å². The van der Waals surface area contributed by atoms with E-state index in [9.17, 15) is 10.1 Å². The lowest BCUT2D eigenvalue weighted by Gasteiger charge is -2.10. The Balaban J connectivity index is 2.42. The number of nitrogens with zero attached hydrogens (tertiary/aromatic N) is 3. The fourth-order valence-corrected chi connectivity index (χ4v) is 1.88. The highest BCUT2D eigenvalue weighted by Crippen LogP contribution is 2.28. The van der Waals surface area contributed by atoms with Gasteiger partial charge in [0, 0.05) is 30.6 Å². The third kappa shape index (κ3) is 2.17. The van der Waals surface area contributed by atoms with Gasteiger partial charge in [-0.05, 0) is 13.0 Å². The van der Waals surface area contributed by atoms with Gasteiger partial charge in [-0.3, -0.25) is 14.8 Å². The average molecular weight is 246 g/mol. The Labute approximate surface area is 104 Å². The normalized spacial score (nSPS) is 10.3. The van der Waals surface area contributed by atoms with E-state index in [1.807, 2.05) is 19.1 Å². The van der Waals surface area contributed by atoms with Crippen LogP contribution < -0.4 is 5.32 Å². The largest absolute Gasteiger partial charge is 0.382 e. The van der Waals surface area contributed by atoms with Crippen LogP contribution in [0.2, 0.25) is 0 Å². The second-order valence-electron chi connectivity index (χ2n) is 3.95. The maximum absolute atomic E-state index is 10.9. The number of hydrogen-bond donors (Lipinski definition) is 1. The van der Waals surface area contributed by atoms with Gasteiger partial charge in [0.1, 0.15) is 5.69 Å². The molecule has 0 amide bonds. The Morgan fingerprint density at radius 2 is 2.22 bits per heavy atom. The maximum atomic E-state index is 10.9. The minimum atomic E-state index is -0.384. The molecular weight excluding hydrogens is 232 g/mol. The summed E-state index contributed by atoms with van der Waals surface area (Å²) in [6.45, 7) is 2.46. The summed E-state index contributed by atoms with van der Waals surface area (Å²) in [6.07, 6.45) is 1.71. The van der Waals surface area contributed by atoms with Crippen LogP contribution in [-0.4, -0.2) is 21.8 Å². The fourth-order valence-electron chi connectivity index (χ4n) is 1.88. The van der Waals surface area contributed by atoms with E-state index in [0.717, 1.165) is 11.3 Å². The van der Waals surface area contributed by atoms with Crippen molar-refractivity contribution in [1.29, 1.82) is 0 Å². The van der Waals surface area contributed by atoms with Gasteiger partial charge >= 0.3 is 0 Å². The predicted molar refractivity (Wildman–Crippen MR) is 68.7 cm³/mol. The molecule has 18 heavy (non-hydrogen) atoms. The van der Waals surface area contributed by atoms with E-state index in [4.69, 9.17) is 0 Å². The summed E-state index contributed by atoms with van der Waals surface area (Å²) >= 11 is 0. The highest BCUT2D eigenvalue weighted by molar-refractivity contribution is 5.66. The summed E-state index contributed by atoms with van der Waals surface area (Å²) < 4.78 is 1.81. The summed E-state index contributed by atoms with van der Waals surface area (Å²) in [5.41, 5.74) is 2.49. The SMILES string of the molecule is CNc1c(Cn2nccc2C)cccc1[N+](=O)[O-]. The zero-order valence-corrected chi connectivity index (χ0v) is 10.3. The summed E-state index contributed by atoms with van der Waals surface area (Å²) in [7, 11) is 1.68. The van der Waals surface area contributed by atoms with Crippen molar-refractivity contribution in [2.75, 3.05) is 12.4 Å². The predicted octanol–water partition coefficient (Wildman–Crippen LogP) is 2.19. The number of nitro benzene ring substituents is 1. The number of aromatic nitrogens is 2. The molecule has 0 unspecified atom stereocenters. The first-order valence-electron chi connectivity index (χ1n) is 5.56. The molecule has 0 bridgehead atoms. The van der Waals surface area contributed by atoms with Crippen molar-refractivity contribution >= 4 is 11.4 Å². The first-order valence-corrected chi connectivity index (χ1v) is 5.56. The van der Waals surface area contributed by atoms with Gasteiger partial charge in [-0.1, -0.05) is 12.1 Å².